The quantitative estimate of drug-likeness (QED) is 0.764. The van der Waals surface area contributed by atoms with Gasteiger partial charge in [0.05, 0.1) is 0 Å². The first-order valence-electron chi connectivity index (χ1n) is 7.82. The van der Waals surface area contributed by atoms with Gasteiger partial charge in [0.15, 0.2) is 0 Å². The number of ketones is 1. The van der Waals surface area contributed by atoms with Crippen LogP contribution in [-0.2, 0) is 4.79 Å². The van der Waals surface area contributed by atoms with Crippen molar-refractivity contribution in [1.29, 1.82) is 0 Å². The maximum Gasteiger partial charge on any atom is 0.136 e. The Morgan fingerprint density at radius 1 is 1.06 bits per heavy atom. The third-order valence-electron chi connectivity index (χ3n) is 5.11. The average molecular weight is 250 g/mol. The van der Waals surface area contributed by atoms with Crippen molar-refractivity contribution in [1.82, 2.24) is 9.80 Å². The van der Waals surface area contributed by atoms with Crippen molar-refractivity contribution in [2.24, 2.45) is 5.92 Å². The highest BCUT2D eigenvalue weighted by atomic mass is 16.1. The van der Waals surface area contributed by atoms with Gasteiger partial charge in [-0.15, -0.1) is 0 Å². The summed E-state index contributed by atoms with van der Waals surface area (Å²) in [6, 6.07) is 0.812. The molecule has 2 aliphatic heterocycles. The van der Waals surface area contributed by atoms with E-state index in [4.69, 9.17) is 0 Å². The molecule has 102 valence electrons. The lowest BCUT2D eigenvalue weighted by molar-refractivity contribution is -0.120. The van der Waals surface area contributed by atoms with Crippen molar-refractivity contribution in [3.05, 3.63) is 0 Å². The summed E-state index contributed by atoms with van der Waals surface area (Å²) in [6.07, 6.45) is 8.35. The minimum absolute atomic E-state index is 0.396. The van der Waals surface area contributed by atoms with Crippen LogP contribution in [0.3, 0.4) is 0 Å². The summed E-state index contributed by atoms with van der Waals surface area (Å²) < 4.78 is 0. The fourth-order valence-corrected chi connectivity index (χ4v) is 4.02. The monoisotopic (exact) mass is 250 g/mol. The van der Waals surface area contributed by atoms with Crippen molar-refractivity contribution >= 4 is 5.78 Å². The molecule has 0 aromatic carbocycles. The van der Waals surface area contributed by atoms with E-state index in [2.05, 4.69) is 9.80 Å². The molecule has 3 rings (SSSR count). The highest BCUT2D eigenvalue weighted by molar-refractivity contribution is 5.82. The molecule has 0 aromatic rings. The molecule has 2 unspecified atom stereocenters. The molecule has 2 atom stereocenters. The topological polar surface area (TPSA) is 23.6 Å². The van der Waals surface area contributed by atoms with Gasteiger partial charge in [0.25, 0.3) is 0 Å². The molecule has 3 aliphatic rings. The van der Waals surface area contributed by atoms with Gasteiger partial charge >= 0.3 is 0 Å². The predicted octanol–water partition coefficient (Wildman–Crippen LogP) is 1.92. The second-order valence-corrected chi connectivity index (χ2v) is 6.33. The van der Waals surface area contributed by atoms with Crippen molar-refractivity contribution in [2.45, 2.75) is 51.0 Å². The normalized spacial score (nSPS) is 34.8. The third kappa shape index (κ3) is 2.77. The van der Waals surface area contributed by atoms with Crippen LogP contribution < -0.4 is 0 Å². The first kappa shape index (κ1) is 12.6. The molecule has 0 N–H and O–H groups in total. The minimum Gasteiger partial charge on any atom is -0.302 e. The van der Waals surface area contributed by atoms with E-state index in [-0.39, 0.29) is 0 Å². The number of hydrogen-bond donors (Lipinski definition) is 0. The zero-order chi connectivity index (χ0) is 12.4. The Hall–Kier alpha value is -0.410. The number of hydrogen-bond acceptors (Lipinski definition) is 3. The van der Waals surface area contributed by atoms with Crippen molar-refractivity contribution in [3.8, 4) is 0 Å². The smallest absolute Gasteiger partial charge is 0.136 e. The van der Waals surface area contributed by atoms with Crippen molar-refractivity contribution in [2.75, 3.05) is 32.7 Å². The minimum atomic E-state index is 0.396. The second-order valence-electron chi connectivity index (χ2n) is 6.33. The molecule has 3 nitrogen and oxygen atoms in total. The van der Waals surface area contributed by atoms with Crippen LogP contribution in [0.2, 0.25) is 0 Å². The summed E-state index contributed by atoms with van der Waals surface area (Å²) in [5.74, 6) is 0.931. The van der Waals surface area contributed by atoms with E-state index in [9.17, 15) is 4.79 Å². The van der Waals surface area contributed by atoms with E-state index >= 15 is 0 Å². The Bertz CT molecular complexity index is 305. The average Bonchev–Trinajstić information content (AvgIpc) is 2.92. The van der Waals surface area contributed by atoms with Gasteiger partial charge in [0, 0.05) is 24.9 Å². The molecule has 0 bridgehead atoms. The van der Waals surface area contributed by atoms with E-state index in [1.54, 1.807) is 0 Å². The Morgan fingerprint density at radius 2 is 1.94 bits per heavy atom. The molecule has 0 amide bonds. The molecule has 18 heavy (non-hydrogen) atoms. The molecular formula is C15H26N2O. The van der Waals surface area contributed by atoms with Gasteiger partial charge < -0.3 is 4.90 Å². The van der Waals surface area contributed by atoms with Crippen molar-refractivity contribution in [3.63, 3.8) is 0 Å². The van der Waals surface area contributed by atoms with Crippen LogP contribution in [-0.4, -0.2) is 54.3 Å². The number of rotatable bonds is 3. The number of Topliss-reactive ketones (excluding diaryl/α,β-unsaturated/α-hetero) is 1. The highest BCUT2D eigenvalue weighted by Gasteiger charge is 2.30. The van der Waals surface area contributed by atoms with E-state index in [1.807, 2.05) is 0 Å². The molecule has 3 fully saturated rings. The lowest BCUT2D eigenvalue weighted by atomic mass is 10.0. The van der Waals surface area contributed by atoms with Crippen LogP contribution in [0.25, 0.3) is 0 Å². The Kier molecular flexibility index (Phi) is 4.00. The SMILES string of the molecule is O=C1CCCC1CCN1CCCN2CCCC2C1. The summed E-state index contributed by atoms with van der Waals surface area (Å²) >= 11 is 0. The van der Waals surface area contributed by atoms with Gasteiger partial charge in [-0.25, -0.2) is 0 Å². The molecule has 2 saturated heterocycles. The highest BCUT2D eigenvalue weighted by Crippen LogP contribution is 2.26. The van der Waals surface area contributed by atoms with Gasteiger partial charge in [-0.05, 0) is 64.7 Å². The van der Waals surface area contributed by atoms with Gasteiger partial charge in [-0.1, -0.05) is 0 Å². The zero-order valence-corrected chi connectivity index (χ0v) is 11.4. The standard InChI is InChI=1S/C15H26N2O/c18-15-6-1-4-13(15)7-11-16-8-3-10-17-9-2-5-14(17)12-16/h13-14H,1-12H2. The molecule has 0 radical (unpaired) electrons. The number of fused-ring (bicyclic) bond motifs is 1. The summed E-state index contributed by atoms with van der Waals surface area (Å²) in [4.78, 5) is 17.0. The van der Waals surface area contributed by atoms with Gasteiger partial charge in [0.2, 0.25) is 0 Å². The second kappa shape index (κ2) is 5.70. The summed E-state index contributed by atoms with van der Waals surface area (Å²) in [6.45, 7) is 6.26. The van der Waals surface area contributed by atoms with Crippen LogP contribution in [0.4, 0.5) is 0 Å². The lowest BCUT2D eigenvalue weighted by Gasteiger charge is -2.26. The lowest BCUT2D eigenvalue weighted by Crippen LogP contribution is -2.37. The van der Waals surface area contributed by atoms with E-state index < -0.39 is 0 Å². The van der Waals surface area contributed by atoms with Crippen LogP contribution in [0.5, 0.6) is 0 Å². The zero-order valence-electron chi connectivity index (χ0n) is 11.4. The number of carbonyl (C=O) groups excluding carboxylic acids is 1. The molecule has 0 spiro atoms. The molecule has 1 saturated carbocycles. The van der Waals surface area contributed by atoms with Gasteiger partial charge in [-0.3, -0.25) is 9.69 Å². The first-order valence-corrected chi connectivity index (χ1v) is 7.82. The Balaban J connectivity index is 1.48. The van der Waals surface area contributed by atoms with Crippen LogP contribution in [0, 0.1) is 5.92 Å². The summed E-state index contributed by atoms with van der Waals surface area (Å²) in [7, 11) is 0. The number of nitrogens with zero attached hydrogens (tertiary/aromatic N) is 2. The van der Waals surface area contributed by atoms with Crippen LogP contribution >= 0.6 is 0 Å². The Morgan fingerprint density at radius 3 is 2.78 bits per heavy atom. The molecule has 2 heterocycles. The molecule has 1 aliphatic carbocycles. The summed E-state index contributed by atoms with van der Waals surface area (Å²) in [5.41, 5.74) is 0. The van der Waals surface area contributed by atoms with E-state index in [0.717, 1.165) is 38.3 Å². The van der Waals surface area contributed by atoms with Crippen LogP contribution in [0.1, 0.15) is 44.9 Å². The van der Waals surface area contributed by atoms with E-state index in [0.29, 0.717) is 11.7 Å². The van der Waals surface area contributed by atoms with Gasteiger partial charge in [-0.2, -0.15) is 0 Å². The first-order chi connectivity index (χ1) is 8.83. The predicted molar refractivity (Wildman–Crippen MR) is 72.6 cm³/mol. The maximum absolute atomic E-state index is 11.7. The molecule has 3 heteroatoms. The fraction of sp³-hybridized carbons (Fsp3) is 0.933. The molecular weight excluding hydrogens is 224 g/mol. The van der Waals surface area contributed by atoms with Crippen molar-refractivity contribution < 1.29 is 4.79 Å². The van der Waals surface area contributed by atoms with E-state index in [1.165, 1.54) is 45.4 Å². The van der Waals surface area contributed by atoms with Gasteiger partial charge in [0.1, 0.15) is 5.78 Å². The molecule has 0 aromatic heterocycles. The van der Waals surface area contributed by atoms with Crippen LogP contribution in [0.15, 0.2) is 0 Å². The largest absolute Gasteiger partial charge is 0.302 e. The summed E-state index contributed by atoms with van der Waals surface area (Å²) in [5, 5.41) is 0. The maximum atomic E-state index is 11.7. The Labute approximate surface area is 111 Å². The fourth-order valence-electron chi connectivity index (χ4n) is 4.02. The third-order valence-corrected chi connectivity index (χ3v) is 5.11. The number of carbonyl (C=O) groups is 1.